The Morgan fingerprint density at radius 2 is 2.21 bits per heavy atom. The van der Waals surface area contributed by atoms with Gasteiger partial charge in [0.1, 0.15) is 0 Å². The summed E-state index contributed by atoms with van der Waals surface area (Å²) in [5, 5.41) is 0. The van der Waals surface area contributed by atoms with E-state index in [4.69, 9.17) is 0 Å². The van der Waals surface area contributed by atoms with E-state index in [0.717, 1.165) is 16.8 Å². The van der Waals surface area contributed by atoms with Crippen LogP contribution in [-0.2, 0) is 5.41 Å². The van der Waals surface area contributed by atoms with Crippen molar-refractivity contribution in [2.75, 3.05) is 5.75 Å². The summed E-state index contributed by atoms with van der Waals surface area (Å²) in [4.78, 5) is 7.31. The van der Waals surface area contributed by atoms with Crippen LogP contribution in [0.2, 0.25) is 0 Å². The van der Waals surface area contributed by atoms with Crippen LogP contribution in [0, 0.1) is 0 Å². The lowest BCUT2D eigenvalue weighted by molar-refractivity contribution is 0.604. The molecule has 1 heterocycles. The molecule has 0 aliphatic rings. The van der Waals surface area contributed by atoms with Crippen LogP contribution in [0.25, 0.3) is 11.0 Å². The van der Waals surface area contributed by atoms with Gasteiger partial charge in [-0.1, -0.05) is 19.9 Å². The van der Waals surface area contributed by atoms with Crippen LogP contribution in [0.3, 0.4) is 0 Å². The SMILES string of the molecule is CC(C)(CS)c1ccc2nc[nH]c2c1. The topological polar surface area (TPSA) is 28.7 Å². The minimum absolute atomic E-state index is 0.114. The standard InChI is InChI=1S/C11H14N2S/c1-11(2,6-14)8-3-4-9-10(5-8)13-7-12-9/h3-5,7,14H,6H2,1-2H3,(H,12,13). The first-order valence-corrected chi connectivity index (χ1v) is 5.31. The third-order valence-corrected chi connectivity index (χ3v) is 3.39. The molecular weight excluding hydrogens is 192 g/mol. The Labute approximate surface area is 89.2 Å². The number of thiol groups is 1. The van der Waals surface area contributed by atoms with Gasteiger partial charge in [0.05, 0.1) is 17.4 Å². The molecule has 0 saturated carbocycles. The van der Waals surface area contributed by atoms with Gasteiger partial charge >= 0.3 is 0 Å². The smallest absolute Gasteiger partial charge is 0.0931 e. The molecule has 0 unspecified atom stereocenters. The van der Waals surface area contributed by atoms with Gasteiger partial charge in [-0.3, -0.25) is 0 Å². The number of nitrogens with zero attached hydrogens (tertiary/aromatic N) is 1. The van der Waals surface area contributed by atoms with Crippen molar-refractivity contribution in [3.8, 4) is 0 Å². The van der Waals surface area contributed by atoms with Crippen molar-refractivity contribution >= 4 is 23.7 Å². The highest BCUT2D eigenvalue weighted by molar-refractivity contribution is 7.80. The molecule has 2 nitrogen and oxygen atoms in total. The van der Waals surface area contributed by atoms with E-state index in [1.807, 2.05) is 6.07 Å². The van der Waals surface area contributed by atoms with E-state index in [1.54, 1.807) is 6.33 Å². The van der Waals surface area contributed by atoms with Crippen molar-refractivity contribution in [3.05, 3.63) is 30.1 Å². The summed E-state index contributed by atoms with van der Waals surface area (Å²) in [5.74, 6) is 0.840. The summed E-state index contributed by atoms with van der Waals surface area (Å²) in [6.07, 6.45) is 1.72. The van der Waals surface area contributed by atoms with Gasteiger partial charge < -0.3 is 4.98 Å². The molecule has 0 amide bonds. The summed E-state index contributed by atoms with van der Waals surface area (Å²) < 4.78 is 0. The fraction of sp³-hybridized carbons (Fsp3) is 0.364. The predicted molar refractivity (Wildman–Crippen MR) is 63.0 cm³/mol. The van der Waals surface area contributed by atoms with E-state index in [0.29, 0.717) is 0 Å². The second kappa shape index (κ2) is 3.31. The molecule has 0 aliphatic heterocycles. The normalized spacial score (nSPS) is 12.2. The number of rotatable bonds is 2. The number of aromatic amines is 1. The molecule has 0 atom stereocenters. The number of hydrogen-bond donors (Lipinski definition) is 2. The molecule has 1 aromatic carbocycles. The minimum atomic E-state index is 0.114. The van der Waals surface area contributed by atoms with Gasteiger partial charge in [0.25, 0.3) is 0 Å². The monoisotopic (exact) mass is 206 g/mol. The molecule has 0 fully saturated rings. The highest BCUT2D eigenvalue weighted by Gasteiger charge is 2.18. The van der Waals surface area contributed by atoms with E-state index >= 15 is 0 Å². The van der Waals surface area contributed by atoms with Crippen molar-refractivity contribution in [2.45, 2.75) is 19.3 Å². The van der Waals surface area contributed by atoms with Crippen molar-refractivity contribution in [1.29, 1.82) is 0 Å². The highest BCUT2D eigenvalue weighted by Crippen LogP contribution is 2.26. The summed E-state index contributed by atoms with van der Waals surface area (Å²) in [7, 11) is 0. The van der Waals surface area contributed by atoms with Crippen LogP contribution < -0.4 is 0 Å². The molecule has 74 valence electrons. The molecule has 1 aromatic heterocycles. The van der Waals surface area contributed by atoms with Gasteiger partial charge in [-0.2, -0.15) is 12.6 Å². The van der Waals surface area contributed by atoms with Crippen LogP contribution in [0.1, 0.15) is 19.4 Å². The molecule has 14 heavy (non-hydrogen) atoms. The summed E-state index contributed by atoms with van der Waals surface area (Å²) in [5.41, 5.74) is 3.52. The quantitative estimate of drug-likeness (QED) is 0.727. The number of fused-ring (bicyclic) bond motifs is 1. The van der Waals surface area contributed by atoms with Crippen molar-refractivity contribution < 1.29 is 0 Å². The second-order valence-corrected chi connectivity index (χ2v) is 4.49. The lowest BCUT2D eigenvalue weighted by atomic mass is 9.86. The van der Waals surface area contributed by atoms with E-state index in [-0.39, 0.29) is 5.41 Å². The van der Waals surface area contributed by atoms with Gasteiger partial charge in [0.15, 0.2) is 0 Å². The van der Waals surface area contributed by atoms with Gasteiger partial charge in [-0.05, 0) is 28.9 Å². The lowest BCUT2D eigenvalue weighted by Crippen LogP contribution is -2.18. The minimum Gasteiger partial charge on any atom is -0.345 e. The molecule has 1 N–H and O–H groups in total. The number of benzene rings is 1. The maximum Gasteiger partial charge on any atom is 0.0931 e. The largest absolute Gasteiger partial charge is 0.345 e. The molecular formula is C11H14N2S. The fourth-order valence-corrected chi connectivity index (χ4v) is 1.63. The molecule has 3 heteroatoms. The number of hydrogen-bond acceptors (Lipinski definition) is 2. The number of nitrogens with one attached hydrogen (secondary N) is 1. The molecule has 0 aliphatic carbocycles. The van der Waals surface area contributed by atoms with Gasteiger partial charge in [-0.15, -0.1) is 0 Å². The van der Waals surface area contributed by atoms with Crippen LogP contribution in [0.4, 0.5) is 0 Å². The Kier molecular flexibility index (Phi) is 2.27. The summed E-state index contributed by atoms with van der Waals surface area (Å²) >= 11 is 4.37. The van der Waals surface area contributed by atoms with Crippen LogP contribution in [0.5, 0.6) is 0 Å². The number of H-pyrrole nitrogens is 1. The maximum absolute atomic E-state index is 4.37. The van der Waals surface area contributed by atoms with E-state index in [2.05, 4.69) is 48.6 Å². The second-order valence-electron chi connectivity index (χ2n) is 4.18. The van der Waals surface area contributed by atoms with E-state index in [1.165, 1.54) is 5.56 Å². The zero-order valence-electron chi connectivity index (χ0n) is 8.41. The molecule has 0 saturated heterocycles. The van der Waals surface area contributed by atoms with Gasteiger partial charge in [-0.25, -0.2) is 4.98 Å². The van der Waals surface area contributed by atoms with Crippen molar-refractivity contribution in [3.63, 3.8) is 0 Å². The maximum atomic E-state index is 4.37. The Hall–Kier alpha value is -0.960. The van der Waals surface area contributed by atoms with Crippen LogP contribution in [0.15, 0.2) is 24.5 Å². The highest BCUT2D eigenvalue weighted by atomic mass is 32.1. The van der Waals surface area contributed by atoms with Crippen LogP contribution in [-0.4, -0.2) is 15.7 Å². The number of aromatic nitrogens is 2. The Morgan fingerprint density at radius 3 is 2.93 bits per heavy atom. The molecule has 0 spiro atoms. The molecule has 0 radical (unpaired) electrons. The Balaban J connectivity index is 2.53. The molecule has 2 aromatic rings. The predicted octanol–water partition coefficient (Wildman–Crippen LogP) is 2.77. The number of imidazole rings is 1. The van der Waals surface area contributed by atoms with Crippen molar-refractivity contribution in [1.82, 2.24) is 9.97 Å². The lowest BCUT2D eigenvalue weighted by Gasteiger charge is -2.22. The summed E-state index contributed by atoms with van der Waals surface area (Å²) in [6.45, 7) is 4.38. The first-order valence-electron chi connectivity index (χ1n) is 4.68. The Bertz CT molecular complexity index is 445. The van der Waals surface area contributed by atoms with Gasteiger partial charge in [0, 0.05) is 0 Å². The molecule has 2 rings (SSSR count). The van der Waals surface area contributed by atoms with Crippen LogP contribution >= 0.6 is 12.6 Å². The zero-order valence-corrected chi connectivity index (χ0v) is 9.31. The first-order chi connectivity index (χ1) is 6.63. The van der Waals surface area contributed by atoms with Gasteiger partial charge in [0.2, 0.25) is 0 Å². The Morgan fingerprint density at radius 1 is 1.43 bits per heavy atom. The summed E-state index contributed by atoms with van der Waals surface area (Å²) in [6, 6.07) is 6.32. The van der Waals surface area contributed by atoms with E-state index in [9.17, 15) is 0 Å². The average molecular weight is 206 g/mol. The van der Waals surface area contributed by atoms with E-state index < -0.39 is 0 Å². The third-order valence-electron chi connectivity index (χ3n) is 2.60. The first kappa shape index (κ1) is 9.59. The van der Waals surface area contributed by atoms with Crippen molar-refractivity contribution in [2.24, 2.45) is 0 Å². The molecule has 0 bridgehead atoms. The third kappa shape index (κ3) is 1.52. The zero-order chi connectivity index (χ0) is 10.2. The fourth-order valence-electron chi connectivity index (χ4n) is 1.45. The average Bonchev–Trinajstić information content (AvgIpc) is 2.64.